The lowest BCUT2D eigenvalue weighted by Gasteiger charge is -2.21. The number of carbonyl (C=O) groups is 3. The molecule has 0 radical (unpaired) electrons. The van der Waals surface area contributed by atoms with Crippen molar-refractivity contribution in [2.24, 2.45) is 0 Å². The molecular formula is C18H19N3O5. The molecule has 1 aromatic carbocycles. The van der Waals surface area contributed by atoms with E-state index in [1.54, 1.807) is 31.2 Å². The molecule has 26 heavy (non-hydrogen) atoms. The van der Waals surface area contributed by atoms with Crippen LogP contribution >= 0.6 is 0 Å². The first-order valence-electron chi connectivity index (χ1n) is 8.12. The Balaban J connectivity index is 1.90. The lowest BCUT2D eigenvalue weighted by molar-refractivity contribution is -0.143. The van der Waals surface area contributed by atoms with E-state index in [9.17, 15) is 14.4 Å². The number of esters is 2. The number of benzene rings is 1. The van der Waals surface area contributed by atoms with Crippen molar-refractivity contribution in [3.8, 4) is 6.07 Å². The van der Waals surface area contributed by atoms with Gasteiger partial charge < -0.3 is 20.1 Å². The van der Waals surface area contributed by atoms with E-state index in [1.165, 1.54) is 0 Å². The molecule has 0 saturated heterocycles. The number of ether oxygens (including phenoxy) is 2. The molecule has 8 heteroatoms. The zero-order chi connectivity index (χ0) is 18.9. The largest absolute Gasteiger partial charge is 0.463 e. The van der Waals surface area contributed by atoms with E-state index in [0.29, 0.717) is 12.0 Å². The number of urea groups is 1. The number of carbonyl (C=O) groups excluding carboxylic acids is 3. The molecule has 0 saturated carbocycles. The summed E-state index contributed by atoms with van der Waals surface area (Å²) >= 11 is 0. The molecule has 1 aliphatic rings. The molecule has 0 fully saturated rings. The van der Waals surface area contributed by atoms with Gasteiger partial charge in [0.15, 0.2) is 0 Å². The van der Waals surface area contributed by atoms with E-state index in [4.69, 9.17) is 14.7 Å². The van der Waals surface area contributed by atoms with Crippen molar-refractivity contribution < 1.29 is 23.9 Å². The first-order valence-corrected chi connectivity index (χ1v) is 8.12. The van der Waals surface area contributed by atoms with Crippen LogP contribution in [0.5, 0.6) is 0 Å². The van der Waals surface area contributed by atoms with Crippen molar-refractivity contribution in [1.82, 2.24) is 10.6 Å². The molecule has 2 rings (SSSR count). The maximum absolute atomic E-state index is 11.9. The lowest BCUT2D eigenvalue weighted by Crippen LogP contribution is -2.45. The summed E-state index contributed by atoms with van der Waals surface area (Å²) in [5.41, 5.74) is 1.91. The average Bonchev–Trinajstić information content (AvgIpc) is 2.65. The summed E-state index contributed by atoms with van der Waals surface area (Å²) in [5.74, 6) is -1.03. The molecule has 0 aromatic heterocycles. The molecule has 2 N–H and O–H groups in total. The number of nitrogens with zero attached hydrogens (tertiary/aromatic N) is 1. The van der Waals surface area contributed by atoms with Crippen LogP contribution in [0.1, 0.15) is 24.5 Å². The normalized spacial score (nSPS) is 13.3. The van der Waals surface area contributed by atoms with E-state index in [-0.39, 0.29) is 37.4 Å². The van der Waals surface area contributed by atoms with Crippen molar-refractivity contribution in [3.63, 3.8) is 0 Å². The number of aryl methyl sites for hydroxylation is 1. The van der Waals surface area contributed by atoms with Crippen molar-refractivity contribution in [1.29, 1.82) is 5.26 Å². The zero-order valence-corrected chi connectivity index (χ0v) is 14.3. The van der Waals surface area contributed by atoms with E-state index < -0.39 is 18.0 Å². The van der Waals surface area contributed by atoms with Crippen LogP contribution in [0.15, 0.2) is 35.5 Å². The van der Waals surface area contributed by atoms with Gasteiger partial charge >= 0.3 is 18.0 Å². The van der Waals surface area contributed by atoms with E-state index >= 15 is 0 Å². The highest BCUT2D eigenvalue weighted by Crippen LogP contribution is 2.10. The highest BCUT2D eigenvalue weighted by atomic mass is 16.5. The van der Waals surface area contributed by atoms with Crippen LogP contribution in [0.25, 0.3) is 0 Å². The standard InChI is InChI=1S/C18H19N3O5/c1-2-25-17(23)14-10-20-18(24)21-15(14)11-26-16(22)8-7-12-3-5-13(9-19)6-4-12/h3-6H,2,7-8,10-11H2,1H3,(H2,20,21,24). The number of rotatable bonds is 7. The van der Waals surface area contributed by atoms with E-state index in [1.807, 2.05) is 6.07 Å². The number of nitriles is 1. The van der Waals surface area contributed by atoms with Crippen LogP contribution in [0, 0.1) is 11.3 Å². The minimum atomic E-state index is -0.566. The van der Waals surface area contributed by atoms with Gasteiger partial charge in [0.05, 0.1) is 36.1 Å². The van der Waals surface area contributed by atoms with Crippen LogP contribution in [-0.2, 0) is 25.5 Å². The molecule has 136 valence electrons. The first kappa shape index (κ1) is 19.0. The summed E-state index contributed by atoms with van der Waals surface area (Å²) in [6, 6.07) is 8.48. The second-order valence-electron chi connectivity index (χ2n) is 5.45. The van der Waals surface area contributed by atoms with Crippen LogP contribution in [0.3, 0.4) is 0 Å². The molecule has 0 unspecified atom stereocenters. The third-order valence-corrected chi connectivity index (χ3v) is 3.65. The second kappa shape index (κ2) is 9.22. The smallest absolute Gasteiger partial charge is 0.337 e. The molecule has 0 aliphatic carbocycles. The zero-order valence-electron chi connectivity index (χ0n) is 14.3. The fourth-order valence-corrected chi connectivity index (χ4v) is 2.29. The third kappa shape index (κ3) is 5.34. The molecule has 8 nitrogen and oxygen atoms in total. The van der Waals surface area contributed by atoms with Gasteiger partial charge in [0.2, 0.25) is 0 Å². The number of hydrogen-bond acceptors (Lipinski definition) is 6. The quantitative estimate of drug-likeness (QED) is 0.707. The average molecular weight is 357 g/mol. The van der Waals surface area contributed by atoms with Gasteiger partial charge in [-0.3, -0.25) is 4.79 Å². The predicted octanol–water partition coefficient (Wildman–Crippen LogP) is 1.16. The van der Waals surface area contributed by atoms with Gasteiger partial charge in [-0.1, -0.05) is 12.1 Å². The first-order chi connectivity index (χ1) is 12.5. The van der Waals surface area contributed by atoms with Crippen LogP contribution in [-0.4, -0.2) is 37.7 Å². The summed E-state index contributed by atoms with van der Waals surface area (Å²) in [5, 5.41) is 13.7. The summed E-state index contributed by atoms with van der Waals surface area (Å²) in [6.45, 7) is 1.68. The SMILES string of the molecule is CCOC(=O)C1=C(COC(=O)CCc2ccc(C#N)cc2)NC(=O)NC1. The Kier molecular flexibility index (Phi) is 6.74. The molecule has 1 aliphatic heterocycles. The highest BCUT2D eigenvalue weighted by molar-refractivity contribution is 5.93. The van der Waals surface area contributed by atoms with Gasteiger partial charge in [-0.15, -0.1) is 0 Å². The van der Waals surface area contributed by atoms with Gasteiger partial charge in [-0.25, -0.2) is 9.59 Å². The molecular weight excluding hydrogens is 338 g/mol. The molecule has 2 amide bonds. The summed E-state index contributed by atoms with van der Waals surface area (Å²) < 4.78 is 10.1. The van der Waals surface area contributed by atoms with Crippen molar-refractivity contribution in [2.75, 3.05) is 19.8 Å². The number of nitrogens with one attached hydrogen (secondary N) is 2. The molecule has 1 heterocycles. The Morgan fingerprint density at radius 3 is 2.62 bits per heavy atom. The number of hydrogen-bond donors (Lipinski definition) is 2. The van der Waals surface area contributed by atoms with Gasteiger partial charge in [0.1, 0.15) is 6.61 Å². The van der Waals surface area contributed by atoms with Crippen molar-refractivity contribution in [3.05, 3.63) is 46.7 Å². The van der Waals surface area contributed by atoms with E-state index in [0.717, 1.165) is 5.56 Å². The Morgan fingerprint density at radius 1 is 1.23 bits per heavy atom. The Bertz CT molecular complexity index is 762. The Labute approximate surface area is 150 Å². The fourth-order valence-electron chi connectivity index (χ4n) is 2.29. The summed E-state index contributed by atoms with van der Waals surface area (Å²) in [6.07, 6.45) is 0.600. The highest BCUT2D eigenvalue weighted by Gasteiger charge is 2.24. The minimum Gasteiger partial charge on any atom is -0.463 e. The third-order valence-electron chi connectivity index (χ3n) is 3.65. The van der Waals surface area contributed by atoms with Crippen LogP contribution in [0.2, 0.25) is 0 Å². The van der Waals surface area contributed by atoms with Crippen molar-refractivity contribution in [2.45, 2.75) is 19.8 Å². The second-order valence-corrected chi connectivity index (χ2v) is 5.45. The maximum Gasteiger partial charge on any atom is 0.337 e. The molecule has 0 bridgehead atoms. The van der Waals surface area contributed by atoms with Gasteiger partial charge in [0, 0.05) is 6.42 Å². The minimum absolute atomic E-state index is 0.0167. The molecule has 0 spiro atoms. The monoisotopic (exact) mass is 357 g/mol. The molecule has 1 aromatic rings. The van der Waals surface area contributed by atoms with E-state index in [2.05, 4.69) is 10.6 Å². The Morgan fingerprint density at radius 2 is 1.96 bits per heavy atom. The predicted molar refractivity (Wildman–Crippen MR) is 90.6 cm³/mol. The maximum atomic E-state index is 11.9. The Hall–Kier alpha value is -3.34. The van der Waals surface area contributed by atoms with Gasteiger partial charge in [-0.05, 0) is 31.0 Å². The van der Waals surface area contributed by atoms with Crippen LogP contribution in [0.4, 0.5) is 4.79 Å². The number of amides is 2. The summed E-state index contributed by atoms with van der Waals surface area (Å²) in [7, 11) is 0. The summed E-state index contributed by atoms with van der Waals surface area (Å²) in [4.78, 5) is 35.2. The van der Waals surface area contributed by atoms with Crippen LogP contribution < -0.4 is 10.6 Å². The molecule has 0 atom stereocenters. The van der Waals surface area contributed by atoms with Gasteiger partial charge in [-0.2, -0.15) is 5.26 Å². The lowest BCUT2D eigenvalue weighted by atomic mass is 10.1. The van der Waals surface area contributed by atoms with Gasteiger partial charge in [0.25, 0.3) is 0 Å². The fraction of sp³-hybridized carbons (Fsp3) is 0.333. The van der Waals surface area contributed by atoms with Crippen molar-refractivity contribution >= 4 is 18.0 Å². The topological polar surface area (TPSA) is 118 Å².